The van der Waals surface area contributed by atoms with E-state index < -0.39 is 5.60 Å². The van der Waals surface area contributed by atoms with Crippen LogP contribution in [0.2, 0.25) is 0 Å². The Morgan fingerprint density at radius 1 is 1.19 bits per heavy atom. The van der Waals surface area contributed by atoms with Crippen LogP contribution in [0.4, 0.5) is 10.6 Å². The molecule has 164 valence electrons. The zero-order chi connectivity index (χ0) is 21.8. The zero-order valence-electron chi connectivity index (χ0n) is 18.5. The van der Waals surface area contributed by atoms with Crippen LogP contribution in [0.15, 0.2) is 17.6 Å². The van der Waals surface area contributed by atoms with Gasteiger partial charge in [-0.25, -0.2) is 14.8 Å². The van der Waals surface area contributed by atoms with Gasteiger partial charge in [-0.15, -0.1) is 11.3 Å². The number of hydrogen-bond donors (Lipinski definition) is 0. The van der Waals surface area contributed by atoms with E-state index in [1.165, 1.54) is 10.6 Å². The van der Waals surface area contributed by atoms with E-state index in [0.717, 1.165) is 42.4 Å². The summed E-state index contributed by atoms with van der Waals surface area (Å²) in [4.78, 5) is 26.4. The third-order valence-corrected chi connectivity index (χ3v) is 6.89. The summed E-state index contributed by atoms with van der Waals surface area (Å²) in [5, 5.41) is 7.89. The van der Waals surface area contributed by atoms with Gasteiger partial charge in [0.1, 0.15) is 11.4 Å². The molecule has 3 aromatic rings. The summed E-state index contributed by atoms with van der Waals surface area (Å²) in [6, 6.07) is 1.95. The van der Waals surface area contributed by atoms with Gasteiger partial charge < -0.3 is 14.5 Å². The minimum Gasteiger partial charge on any atom is -0.444 e. The highest BCUT2D eigenvalue weighted by molar-refractivity contribution is 7.09. The van der Waals surface area contributed by atoms with Crippen molar-refractivity contribution in [1.82, 2.24) is 24.5 Å². The maximum absolute atomic E-state index is 12.6. The molecule has 0 atom stereocenters. The van der Waals surface area contributed by atoms with Gasteiger partial charge in [-0.2, -0.15) is 9.61 Å². The fourth-order valence-corrected chi connectivity index (χ4v) is 5.15. The summed E-state index contributed by atoms with van der Waals surface area (Å²) in [5.74, 6) is 1.57. The summed E-state index contributed by atoms with van der Waals surface area (Å²) in [6.45, 7) is 10.8. The molecule has 2 aliphatic heterocycles. The van der Waals surface area contributed by atoms with E-state index in [-0.39, 0.29) is 6.09 Å². The molecular weight excluding hydrogens is 412 g/mol. The number of carbonyl (C=O) groups excluding carboxylic acids is 1. The first kappa shape index (κ1) is 20.2. The van der Waals surface area contributed by atoms with Gasteiger partial charge in [0.25, 0.3) is 0 Å². The molecule has 5 rings (SSSR count). The van der Waals surface area contributed by atoms with E-state index in [4.69, 9.17) is 9.72 Å². The SMILES string of the molecule is Cc1csc(C2CN(c3c4c(nc5ccnn35)CCN(C(=O)OC(C)(C)C)CC4)C2)n1. The number of anilines is 1. The second kappa shape index (κ2) is 7.47. The highest BCUT2D eigenvalue weighted by Gasteiger charge is 2.35. The molecule has 0 aliphatic carbocycles. The Morgan fingerprint density at radius 2 is 1.97 bits per heavy atom. The Morgan fingerprint density at radius 3 is 2.68 bits per heavy atom. The highest BCUT2D eigenvalue weighted by atomic mass is 32.1. The van der Waals surface area contributed by atoms with Gasteiger partial charge in [0, 0.05) is 61.2 Å². The van der Waals surface area contributed by atoms with Gasteiger partial charge in [-0.05, 0) is 34.1 Å². The minimum absolute atomic E-state index is 0.255. The maximum Gasteiger partial charge on any atom is 0.410 e. The number of aryl methyl sites for hydroxylation is 1. The number of thiazole rings is 1. The highest BCUT2D eigenvalue weighted by Crippen LogP contribution is 2.36. The molecule has 5 heterocycles. The van der Waals surface area contributed by atoms with Crippen LogP contribution in [0, 0.1) is 6.92 Å². The minimum atomic E-state index is -0.499. The predicted octanol–water partition coefficient (Wildman–Crippen LogP) is 3.43. The van der Waals surface area contributed by atoms with Gasteiger partial charge in [-0.3, -0.25) is 0 Å². The van der Waals surface area contributed by atoms with Crippen molar-refractivity contribution in [2.24, 2.45) is 0 Å². The fraction of sp³-hybridized carbons (Fsp3) is 0.545. The van der Waals surface area contributed by atoms with E-state index in [9.17, 15) is 4.79 Å². The molecule has 0 bridgehead atoms. The van der Waals surface area contributed by atoms with E-state index in [1.54, 1.807) is 22.4 Å². The Bertz CT molecular complexity index is 1120. The van der Waals surface area contributed by atoms with Gasteiger partial charge in [-0.1, -0.05) is 0 Å². The monoisotopic (exact) mass is 440 g/mol. The van der Waals surface area contributed by atoms with Crippen molar-refractivity contribution in [2.45, 2.75) is 52.1 Å². The van der Waals surface area contributed by atoms with E-state index in [2.05, 4.69) is 20.4 Å². The lowest BCUT2D eigenvalue weighted by Crippen LogP contribution is -2.46. The molecule has 0 aromatic carbocycles. The van der Waals surface area contributed by atoms with Crippen LogP contribution in [-0.4, -0.2) is 62.4 Å². The van der Waals surface area contributed by atoms with Gasteiger partial charge >= 0.3 is 6.09 Å². The van der Waals surface area contributed by atoms with Gasteiger partial charge in [0.2, 0.25) is 0 Å². The summed E-state index contributed by atoms with van der Waals surface area (Å²) in [7, 11) is 0. The van der Waals surface area contributed by atoms with Crippen molar-refractivity contribution >= 4 is 28.9 Å². The lowest BCUT2D eigenvalue weighted by atomic mass is 9.99. The molecule has 1 saturated heterocycles. The van der Waals surface area contributed by atoms with Crippen LogP contribution >= 0.6 is 11.3 Å². The summed E-state index contributed by atoms with van der Waals surface area (Å²) >= 11 is 1.75. The number of hydrogen-bond acceptors (Lipinski definition) is 7. The topological polar surface area (TPSA) is 75.9 Å². The molecule has 0 saturated carbocycles. The average molecular weight is 441 g/mol. The molecule has 3 aromatic heterocycles. The van der Waals surface area contributed by atoms with Crippen molar-refractivity contribution in [3.63, 3.8) is 0 Å². The molecular formula is C22H28N6O2S. The Balaban J connectivity index is 1.41. The van der Waals surface area contributed by atoms with Crippen molar-refractivity contribution < 1.29 is 9.53 Å². The van der Waals surface area contributed by atoms with Crippen molar-refractivity contribution in [1.29, 1.82) is 0 Å². The van der Waals surface area contributed by atoms with Crippen LogP contribution in [0.25, 0.3) is 5.65 Å². The number of fused-ring (bicyclic) bond motifs is 2. The van der Waals surface area contributed by atoms with E-state index in [0.29, 0.717) is 25.4 Å². The van der Waals surface area contributed by atoms with Gasteiger partial charge in [0.05, 0.1) is 16.9 Å². The Kier molecular flexibility index (Phi) is 4.88. The van der Waals surface area contributed by atoms with Crippen LogP contribution in [0.5, 0.6) is 0 Å². The summed E-state index contributed by atoms with van der Waals surface area (Å²) in [6.07, 6.45) is 3.01. The quantitative estimate of drug-likeness (QED) is 0.608. The number of nitrogens with zero attached hydrogens (tertiary/aromatic N) is 6. The first-order valence-electron chi connectivity index (χ1n) is 10.8. The molecule has 0 N–H and O–H groups in total. The van der Waals surface area contributed by atoms with E-state index in [1.807, 2.05) is 38.3 Å². The second-order valence-electron chi connectivity index (χ2n) is 9.36. The average Bonchev–Trinajstić information content (AvgIpc) is 3.22. The summed E-state index contributed by atoms with van der Waals surface area (Å²) in [5.41, 5.74) is 3.70. The molecule has 0 spiro atoms. The predicted molar refractivity (Wildman–Crippen MR) is 120 cm³/mol. The first-order chi connectivity index (χ1) is 14.8. The van der Waals surface area contributed by atoms with Crippen molar-refractivity contribution in [3.05, 3.63) is 39.6 Å². The third-order valence-electron chi connectivity index (χ3n) is 5.76. The molecule has 0 unspecified atom stereocenters. The Labute approximate surface area is 185 Å². The molecule has 31 heavy (non-hydrogen) atoms. The van der Waals surface area contributed by atoms with Crippen molar-refractivity contribution in [2.75, 3.05) is 31.1 Å². The Hall–Kier alpha value is -2.68. The largest absolute Gasteiger partial charge is 0.444 e. The number of rotatable bonds is 2. The number of amides is 1. The zero-order valence-corrected chi connectivity index (χ0v) is 19.3. The standard InChI is InChI=1S/C22H28N6O2S/c1-14-13-31-19(24-14)15-11-27(12-15)20-16-6-9-26(21(29)30-22(2,3)4)10-7-17(16)25-18-5-8-23-28(18)20/h5,8,13,15H,6-7,9-12H2,1-4H3. The maximum atomic E-state index is 12.6. The fourth-order valence-electron chi connectivity index (χ4n) is 4.27. The van der Waals surface area contributed by atoms with Crippen LogP contribution in [0.3, 0.4) is 0 Å². The first-order valence-corrected chi connectivity index (χ1v) is 11.7. The lowest BCUT2D eigenvalue weighted by molar-refractivity contribution is 0.0258. The number of carbonyl (C=O) groups is 1. The van der Waals surface area contributed by atoms with Crippen LogP contribution in [-0.2, 0) is 17.6 Å². The second-order valence-corrected chi connectivity index (χ2v) is 10.2. The van der Waals surface area contributed by atoms with Gasteiger partial charge in [0.15, 0.2) is 5.65 Å². The normalized spacial score (nSPS) is 17.4. The number of ether oxygens (including phenoxy) is 1. The van der Waals surface area contributed by atoms with Crippen LogP contribution < -0.4 is 4.90 Å². The third kappa shape index (κ3) is 3.86. The molecule has 8 nitrogen and oxygen atoms in total. The van der Waals surface area contributed by atoms with Crippen molar-refractivity contribution in [3.8, 4) is 0 Å². The number of aromatic nitrogens is 4. The summed E-state index contributed by atoms with van der Waals surface area (Å²) < 4.78 is 7.55. The molecule has 1 fully saturated rings. The van der Waals surface area contributed by atoms with Crippen LogP contribution in [0.1, 0.15) is 48.6 Å². The smallest absolute Gasteiger partial charge is 0.410 e. The van der Waals surface area contributed by atoms with E-state index >= 15 is 0 Å². The molecule has 0 radical (unpaired) electrons. The molecule has 2 aliphatic rings. The lowest BCUT2D eigenvalue weighted by Gasteiger charge is -2.41. The molecule has 1 amide bonds. The molecule has 9 heteroatoms.